The van der Waals surface area contributed by atoms with Crippen molar-refractivity contribution in [3.8, 4) is 0 Å². The van der Waals surface area contributed by atoms with E-state index < -0.39 is 6.10 Å². The molecule has 0 aromatic heterocycles. The Morgan fingerprint density at radius 1 is 1.29 bits per heavy atom. The lowest BCUT2D eigenvalue weighted by molar-refractivity contribution is -0.149. The van der Waals surface area contributed by atoms with Gasteiger partial charge in [-0.1, -0.05) is 30.3 Å². The van der Waals surface area contributed by atoms with Crippen molar-refractivity contribution in [3.63, 3.8) is 0 Å². The molecule has 2 rings (SSSR count). The predicted molar refractivity (Wildman–Crippen MR) is 81.8 cm³/mol. The molecule has 0 spiro atoms. The molecule has 0 bridgehead atoms. The van der Waals surface area contributed by atoms with Crippen LogP contribution < -0.4 is 0 Å². The number of aliphatic hydroxyl groups is 1. The van der Waals surface area contributed by atoms with E-state index in [1.54, 1.807) is 0 Å². The molecule has 1 aromatic carbocycles. The minimum atomic E-state index is -0.407. The molecule has 21 heavy (non-hydrogen) atoms. The SMILES string of the molecule is CC(C)OC(=O)CN1CCC(C(O)c2ccccc2)CC1. The van der Waals surface area contributed by atoms with Crippen LogP contribution in [0.25, 0.3) is 0 Å². The van der Waals surface area contributed by atoms with E-state index in [2.05, 4.69) is 4.90 Å². The number of rotatable bonds is 5. The van der Waals surface area contributed by atoms with Crippen molar-refractivity contribution < 1.29 is 14.6 Å². The average molecular weight is 291 g/mol. The average Bonchev–Trinajstić information content (AvgIpc) is 2.47. The van der Waals surface area contributed by atoms with Crippen LogP contribution in [0.15, 0.2) is 30.3 Å². The molecule has 1 aliphatic rings. The van der Waals surface area contributed by atoms with Crippen LogP contribution in [0.3, 0.4) is 0 Å². The summed E-state index contributed by atoms with van der Waals surface area (Å²) in [4.78, 5) is 13.8. The smallest absolute Gasteiger partial charge is 0.320 e. The Balaban J connectivity index is 1.79. The van der Waals surface area contributed by atoms with E-state index in [9.17, 15) is 9.90 Å². The molecule has 0 saturated carbocycles. The van der Waals surface area contributed by atoms with Gasteiger partial charge < -0.3 is 9.84 Å². The number of carbonyl (C=O) groups excluding carboxylic acids is 1. The van der Waals surface area contributed by atoms with Gasteiger partial charge in [0.05, 0.1) is 18.8 Å². The molecule has 0 aliphatic carbocycles. The lowest BCUT2D eigenvalue weighted by atomic mass is 9.87. The highest BCUT2D eigenvalue weighted by Gasteiger charge is 2.27. The molecule has 1 atom stereocenters. The molecule has 1 saturated heterocycles. The van der Waals surface area contributed by atoms with Gasteiger partial charge in [-0.25, -0.2) is 0 Å². The topological polar surface area (TPSA) is 49.8 Å². The standard InChI is InChI=1S/C17H25NO3/c1-13(2)21-16(19)12-18-10-8-15(9-11-18)17(20)14-6-4-3-5-7-14/h3-7,13,15,17,20H,8-12H2,1-2H3. The third-order valence-electron chi connectivity index (χ3n) is 3.94. The maximum absolute atomic E-state index is 11.6. The van der Waals surface area contributed by atoms with Gasteiger partial charge in [-0.3, -0.25) is 9.69 Å². The highest BCUT2D eigenvalue weighted by Crippen LogP contribution is 2.30. The second-order valence-corrected chi connectivity index (χ2v) is 6.01. The normalized spacial score (nSPS) is 18.7. The third-order valence-corrected chi connectivity index (χ3v) is 3.94. The molecule has 1 unspecified atom stereocenters. The van der Waals surface area contributed by atoms with Crippen molar-refractivity contribution in [2.45, 2.75) is 38.9 Å². The Bertz CT molecular complexity index is 439. The van der Waals surface area contributed by atoms with Gasteiger partial charge in [0.25, 0.3) is 0 Å². The number of hydrogen-bond donors (Lipinski definition) is 1. The van der Waals surface area contributed by atoms with Gasteiger partial charge in [0.15, 0.2) is 0 Å². The van der Waals surface area contributed by atoms with Gasteiger partial charge in [-0.2, -0.15) is 0 Å². The Morgan fingerprint density at radius 2 is 1.90 bits per heavy atom. The summed E-state index contributed by atoms with van der Waals surface area (Å²) in [6, 6.07) is 9.80. The molecular formula is C17H25NO3. The van der Waals surface area contributed by atoms with Gasteiger partial charge in [0, 0.05) is 0 Å². The van der Waals surface area contributed by atoms with Crippen molar-refractivity contribution in [1.82, 2.24) is 4.90 Å². The molecule has 4 heteroatoms. The number of carbonyl (C=O) groups is 1. The fourth-order valence-corrected chi connectivity index (χ4v) is 2.83. The summed E-state index contributed by atoms with van der Waals surface area (Å²) in [6.07, 6.45) is 1.35. The first-order valence-electron chi connectivity index (χ1n) is 7.71. The highest BCUT2D eigenvalue weighted by atomic mass is 16.5. The van der Waals surface area contributed by atoms with Crippen molar-refractivity contribution in [2.24, 2.45) is 5.92 Å². The molecule has 0 amide bonds. The number of hydrogen-bond acceptors (Lipinski definition) is 4. The Morgan fingerprint density at radius 3 is 2.48 bits per heavy atom. The van der Waals surface area contributed by atoms with E-state index in [0.29, 0.717) is 6.54 Å². The van der Waals surface area contributed by atoms with Gasteiger partial charge in [-0.05, 0) is 51.3 Å². The number of likely N-dealkylation sites (tertiary alicyclic amines) is 1. The summed E-state index contributed by atoms with van der Waals surface area (Å²) in [5, 5.41) is 10.4. The van der Waals surface area contributed by atoms with Crippen molar-refractivity contribution in [2.75, 3.05) is 19.6 Å². The summed E-state index contributed by atoms with van der Waals surface area (Å²) in [6.45, 7) is 5.75. The summed E-state index contributed by atoms with van der Waals surface area (Å²) in [5.41, 5.74) is 0.982. The van der Waals surface area contributed by atoms with E-state index >= 15 is 0 Å². The maximum atomic E-state index is 11.6. The summed E-state index contributed by atoms with van der Waals surface area (Å²) < 4.78 is 5.17. The van der Waals surface area contributed by atoms with Crippen molar-refractivity contribution in [3.05, 3.63) is 35.9 Å². The minimum absolute atomic E-state index is 0.0602. The second kappa shape index (κ2) is 7.57. The lowest BCUT2D eigenvalue weighted by Gasteiger charge is -2.33. The summed E-state index contributed by atoms with van der Waals surface area (Å²) in [7, 11) is 0. The Kier molecular flexibility index (Phi) is 5.76. The van der Waals surface area contributed by atoms with E-state index in [1.165, 1.54) is 0 Å². The van der Waals surface area contributed by atoms with Crippen LogP contribution in [-0.2, 0) is 9.53 Å². The fraction of sp³-hybridized carbons (Fsp3) is 0.588. The zero-order valence-corrected chi connectivity index (χ0v) is 12.9. The van der Waals surface area contributed by atoms with Crippen LogP contribution in [-0.4, -0.2) is 41.7 Å². The zero-order valence-electron chi connectivity index (χ0n) is 12.9. The van der Waals surface area contributed by atoms with E-state index in [1.807, 2.05) is 44.2 Å². The first kappa shape index (κ1) is 16.0. The van der Waals surface area contributed by atoms with Crippen LogP contribution in [0.4, 0.5) is 0 Å². The van der Waals surface area contributed by atoms with Crippen LogP contribution >= 0.6 is 0 Å². The maximum Gasteiger partial charge on any atom is 0.320 e. The number of aliphatic hydroxyl groups excluding tert-OH is 1. The lowest BCUT2D eigenvalue weighted by Crippen LogP contribution is -2.39. The van der Waals surface area contributed by atoms with E-state index in [0.717, 1.165) is 31.5 Å². The van der Waals surface area contributed by atoms with Crippen molar-refractivity contribution in [1.29, 1.82) is 0 Å². The number of ether oxygens (including phenoxy) is 1. The molecule has 116 valence electrons. The van der Waals surface area contributed by atoms with E-state index in [4.69, 9.17) is 4.74 Å². The van der Waals surface area contributed by atoms with Gasteiger partial charge in [-0.15, -0.1) is 0 Å². The number of nitrogens with zero attached hydrogens (tertiary/aromatic N) is 1. The molecule has 1 fully saturated rings. The monoisotopic (exact) mass is 291 g/mol. The van der Waals surface area contributed by atoms with Gasteiger partial charge in [0.1, 0.15) is 0 Å². The predicted octanol–water partition coefficient (Wildman–Crippen LogP) is 2.38. The Labute approximate surface area is 126 Å². The fourth-order valence-electron chi connectivity index (χ4n) is 2.83. The molecule has 1 heterocycles. The zero-order chi connectivity index (χ0) is 15.2. The van der Waals surface area contributed by atoms with Gasteiger partial charge in [0.2, 0.25) is 0 Å². The molecule has 1 aliphatic heterocycles. The number of piperidine rings is 1. The molecule has 1 N–H and O–H groups in total. The molecular weight excluding hydrogens is 266 g/mol. The quantitative estimate of drug-likeness (QED) is 0.846. The third kappa shape index (κ3) is 4.83. The number of esters is 1. The Hall–Kier alpha value is -1.39. The first-order chi connectivity index (χ1) is 10.1. The minimum Gasteiger partial charge on any atom is -0.462 e. The number of benzene rings is 1. The molecule has 1 aromatic rings. The van der Waals surface area contributed by atoms with Crippen LogP contribution in [0.1, 0.15) is 38.4 Å². The summed E-state index contributed by atoms with van der Waals surface area (Å²) in [5.74, 6) is 0.108. The first-order valence-corrected chi connectivity index (χ1v) is 7.71. The summed E-state index contributed by atoms with van der Waals surface area (Å²) >= 11 is 0. The van der Waals surface area contributed by atoms with Gasteiger partial charge >= 0.3 is 5.97 Å². The van der Waals surface area contributed by atoms with Crippen LogP contribution in [0, 0.1) is 5.92 Å². The highest BCUT2D eigenvalue weighted by molar-refractivity contribution is 5.71. The van der Waals surface area contributed by atoms with E-state index in [-0.39, 0.29) is 18.0 Å². The van der Waals surface area contributed by atoms with Crippen LogP contribution in [0.5, 0.6) is 0 Å². The largest absolute Gasteiger partial charge is 0.462 e. The molecule has 0 radical (unpaired) electrons. The molecule has 4 nitrogen and oxygen atoms in total. The second-order valence-electron chi connectivity index (χ2n) is 6.01. The van der Waals surface area contributed by atoms with Crippen molar-refractivity contribution >= 4 is 5.97 Å². The van der Waals surface area contributed by atoms with Crippen LogP contribution in [0.2, 0.25) is 0 Å².